The number of aromatic nitrogens is 5. The second-order valence-corrected chi connectivity index (χ2v) is 10.1. The van der Waals surface area contributed by atoms with Gasteiger partial charge in [-0.3, -0.25) is 9.69 Å². The normalized spacial score (nSPS) is 18.6. The van der Waals surface area contributed by atoms with E-state index >= 15 is 0 Å². The number of benzene rings is 2. The topological polar surface area (TPSA) is 107 Å². The molecule has 4 aromatic rings. The van der Waals surface area contributed by atoms with Crippen molar-refractivity contribution in [1.29, 1.82) is 0 Å². The Balaban J connectivity index is 1.42. The van der Waals surface area contributed by atoms with E-state index in [2.05, 4.69) is 31.5 Å². The van der Waals surface area contributed by atoms with Crippen molar-refractivity contribution in [3.05, 3.63) is 81.7 Å². The molecule has 0 amide bonds. The third-order valence-corrected chi connectivity index (χ3v) is 7.70. The number of rotatable bonds is 8. The average Bonchev–Trinajstić information content (AvgIpc) is 3.66. The highest BCUT2D eigenvalue weighted by atomic mass is 19.1. The van der Waals surface area contributed by atoms with E-state index in [0.29, 0.717) is 48.0 Å². The summed E-state index contributed by atoms with van der Waals surface area (Å²) in [4.78, 5) is 18.9. The van der Waals surface area contributed by atoms with E-state index in [-0.39, 0.29) is 17.5 Å². The largest absolute Gasteiger partial charge is 0.493 e. The molecule has 2 aliphatic rings. The molecule has 0 bridgehead atoms. The Hall–Kier alpha value is -4.09. The first kappa shape index (κ1) is 26.1. The number of hydrogen-bond acceptors (Lipinski definition) is 8. The molecule has 4 heterocycles. The van der Waals surface area contributed by atoms with Gasteiger partial charge >= 0.3 is 0 Å². The summed E-state index contributed by atoms with van der Waals surface area (Å²) in [7, 11) is 3.14. The van der Waals surface area contributed by atoms with Crippen LogP contribution >= 0.6 is 0 Å². The lowest BCUT2D eigenvalue weighted by Crippen LogP contribution is -2.38. The van der Waals surface area contributed by atoms with Crippen molar-refractivity contribution < 1.29 is 18.6 Å². The molecule has 11 heteroatoms. The third kappa shape index (κ3) is 5.09. The van der Waals surface area contributed by atoms with Crippen molar-refractivity contribution in [3.8, 4) is 11.5 Å². The standard InChI is InChI=1S/C29H31FN6O4/c1-38-25-15-20-14-23(29(37)31-24(20)16-26(25)39-2)27(28-32-33-34-36(28)17-22-4-3-13-40-22)35-11-9-19(10-12-35)18-5-7-21(30)8-6-18/h5-9,14-16,22,27H,3-4,10-13,17H2,1-2H3,(H,31,37)/t22-,27+/m1/s1. The minimum absolute atomic E-state index is 0.0286. The molecular weight excluding hydrogens is 515 g/mol. The summed E-state index contributed by atoms with van der Waals surface area (Å²) >= 11 is 0. The average molecular weight is 547 g/mol. The highest BCUT2D eigenvalue weighted by Crippen LogP contribution is 2.35. The predicted octanol–water partition coefficient (Wildman–Crippen LogP) is 3.73. The lowest BCUT2D eigenvalue weighted by atomic mass is 9.96. The molecular formula is C29H31FN6O4. The number of H-pyrrole nitrogens is 1. The molecule has 6 rings (SSSR count). The molecule has 2 aromatic carbocycles. The third-order valence-electron chi connectivity index (χ3n) is 7.70. The minimum Gasteiger partial charge on any atom is -0.493 e. The van der Waals surface area contributed by atoms with Crippen molar-refractivity contribution in [1.82, 2.24) is 30.1 Å². The second-order valence-electron chi connectivity index (χ2n) is 10.1. The van der Waals surface area contributed by atoms with Crippen molar-refractivity contribution in [2.45, 2.75) is 38.0 Å². The lowest BCUT2D eigenvalue weighted by Gasteiger charge is -2.33. The summed E-state index contributed by atoms with van der Waals surface area (Å²) in [6.07, 6.45) is 4.83. The van der Waals surface area contributed by atoms with Gasteiger partial charge in [0.1, 0.15) is 11.9 Å². The van der Waals surface area contributed by atoms with Gasteiger partial charge in [0.25, 0.3) is 5.56 Å². The second kappa shape index (κ2) is 11.2. The molecule has 208 valence electrons. The monoisotopic (exact) mass is 546 g/mol. The van der Waals surface area contributed by atoms with Crippen LogP contribution in [-0.4, -0.2) is 70.1 Å². The fourth-order valence-electron chi connectivity index (χ4n) is 5.62. The van der Waals surface area contributed by atoms with Gasteiger partial charge < -0.3 is 19.2 Å². The molecule has 2 aromatic heterocycles. The molecule has 2 atom stereocenters. The van der Waals surface area contributed by atoms with Gasteiger partial charge in [0.15, 0.2) is 17.3 Å². The summed E-state index contributed by atoms with van der Waals surface area (Å²) in [6, 6.07) is 11.5. The van der Waals surface area contributed by atoms with Gasteiger partial charge in [-0.15, -0.1) is 5.10 Å². The number of nitrogens with one attached hydrogen (secondary N) is 1. The number of hydrogen-bond donors (Lipinski definition) is 1. The predicted molar refractivity (Wildman–Crippen MR) is 147 cm³/mol. The molecule has 0 radical (unpaired) electrons. The maximum atomic E-state index is 13.6. The molecule has 1 saturated heterocycles. The van der Waals surface area contributed by atoms with E-state index in [1.807, 2.05) is 12.1 Å². The van der Waals surface area contributed by atoms with Crippen LogP contribution in [0.1, 0.15) is 42.3 Å². The fraction of sp³-hybridized carbons (Fsp3) is 0.379. The van der Waals surface area contributed by atoms with E-state index in [0.717, 1.165) is 42.4 Å². The van der Waals surface area contributed by atoms with Gasteiger partial charge in [-0.2, -0.15) is 0 Å². The Morgan fingerprint density at radius 1 is 1.15 bits per heavy atom. The van der Waals surface area contributed by atoms with Crippen LogP contribution in [-0.2, 0) is 11.3 Å². The Bertz CT molecular complexity index is 1590. The van der Waals surface area contributed by atoms with Crippen LogP contribution in [0.2, 0.25) is 0 Å². The first-order valence-corrected chi connectivity index (χ1v) is 13.4. The van der Waals surface area contributed by atoms with Gasteiger partial charge in [0.2, 0.25) is 0 Å². The summed E-state index contributed by atoms with van der Waals surface area (Å²) in [6.45, 7) is 2.46. The SMILES string of the molecule is COc1cc2cc([C@@H](c3nnnn3C[C@H]3CCCO3)N3CC=C(c4ccc(F)cc4)CC3)c(=O)[nH]c2cc1OC. The van der Waals surface area contributed by atoms with E-state index in [1.165, 1.54) is 12.1 Å². The Labute approximate surface area is 230 Å². The van der Waals surface area contributed by atoms with Gasteiger partial charge in [-0.1, -0.05) is 18.2 Å². The highest BCUT2D eigenvalue weighted by Gasteiger charge is 2.32. The first-order chi connectivity index (χ1) is 19.5. The number of pyridine rings is 1. The van der Waals surface area contributed by atoms with Crippen LogP contribution < -0.4 is 15.0 Å². The van der Waals surface area contributed by atoms with Crippen LogP contribution in [0.15, 0.2) is 53.3 Å². The molecule has 0 aliphatic carbocycles. The molecule has 2 aliphatic heterocycles. The van der Waals surface area contributed by atoms with Crippen molar-refractivity contribution in [3.63, 3.8) is 0 Å². The maximum Gasteiger partial charge on any atom is 0.253 e. The van der Waals surface area contributed by atoms with E-state index < -0.39 is 6.04 Å². The zero-order valence-electron chi connectivity index (χ0n) is 22.5. The van der Waals surface area contributed by atoms with Crippen LogP contribution in [0.25, 0.3) is 16.5 Å². The number of ether oxygens (including phenoxy) is 3. The first-order valence-electron chi connectivity index (χ1n) is 13.4. The van der Waals surface area contributed by atoms with Crippen molar-refractivity contribution >= 4 is 16.5 Å². The van der Waals surface area contributed by atoms with E-state index in [4.69, 9.17) is 14.2 Å². The number of tetrazole rings is 1. The van der Waals surface area contributed by atoms with Crippen molar-refractivity contribution in [2.24, 2.45) is 0 Å². The maximum absolute atomic E-state index is 13.6. The van der Waals surface area contributed by atoms with Gasteiger partial charge in [0, 0.05) is 36.7 Å². The summed E-state index contributed by atoms with van der Waals surface area (Å²) in [5, 5.41) is 13.5. The summed E-state index contributed by atoms with van der Waals surface area (Å²) in [5.74, 6) is 1.42. The summed E-state index contributed by atoms with van der Waals surface area (Å²) < 4.78 is 32.0. The molecule has 0 unspecified atom stereocenters. The molecule has 1 N–H and O–H groups in total. The van der Waals surface area contributed by atoms with Gasteiger partial charge in [0.05, 0.1) is 32.4 Å². The number of halogens is 1. The molecule has 40 heavy (non-hydrogen) atoms. The van der Waals surface area contributed by atoms with E-state index in [9.17, 15) is 9.18 Å². The number of methoxy groups -OCH3 is 2. The van der Waals surface area contributed by atoms with Crippen LogP contribution in [0.4, 0.5) is 4.39 Å². The summed E-state index contributed by atoms with van der Waals surface area (Å²) in [5.41, 5.74) is 3.07. The minimum atomic E-state index is -0.510. The van der Waals surface area contributed by atoms with Crippen LogP contribution in [0.3, 0.4) is 0 Å². The van der Waals surface area contributed by atoms with Gasteiger partial charge in [-0.05, 0) is 65.1 Å². The number of aromatic amines is 1. The molecule has 0 spiro atoms. The molecule has 10 nitrogen and oxygen atoms in total. The number of fused-ring (bicyclic) bond motifs is 1. The van der Waals surface area contributed by atoms with Crippen LogP contribution in [0.5, 0.6) is 11.5 Å². The van der Waals surface area contributed by atoms with Crippen LogP contribution in [0, 0.1) is 5.82 Å². The smallest absolute Gasteiger partial charge is 0.253 e. The highest BCUT2D eigenvalue weighted by molar-refractivity contribution is 5.83. The quantitative estimate of drug-likeness (QED) is 0.356. The number of nitrogens with zero attached hydrogens (tertiary/aromatic N) is 5. The van der Waals surface area contributed by atoms with Crippen molar-refractivity contribution in [2.75, 3.05) is 33.9 Å². The zero-order chi connectivity index (χ0) is 27.6. The van der Waals surface area contributed by atoms with E-state index in [1.54, 1.807) is 37.1 Å². The lowest BCUT2D eigenvalue weighted by molar-refractivity contribution is 0.0910. The molecule has 0 saturated carbocycles. The van der Waals surface area contributed by atoms with Gasteiger partial charge in [-0.25, -0.2) is 9.07 Å². The zero-order valence-corrected chi connectivity index (χ0v) is 22.5. The Kier molecular flexibility index (Phi) is 7.31. The molecule has 1 fully saturated rings. The fourth-order valence-corrected chi connectivity index (χ4v) is 5.62. The Morgan fingerprint density at radius 2 is 1.95 bits per heavy atom. The Morgan fingerprint density at radius 3 is 2.65 bits per heavy atom.